The number of rotatable bonds is 5. The zero-order chi connectivity index (χ0) is 17.7. The number of hydrogen-bond donors (Lipinski definition) is 0. The molecule has 0 saturated carbocycles. The van der Waals surface area contributed by atoms with E-state index in [1.54, 1.807) is 0 Å². The van der Waals surface area contributed by atoms with E-state index in [0.29, 0.717) is 0 Å². The fraction of sp³-hybridized carbons (Fsp3) is 0.524. The average molecular weight is 329 g/mol. The van der Waals surface area contributed by atoms with Gasteiger partial charge in [-0.15, -0.1) is 6.58 Å². The SMILES string of the molecule is C=CCC(C)(C)C(C#Cc1ccccc1)O[Si](C)(C)C(C)(C)C. The molecule has 1 aromatic carbocycles. The van der Waals surface area contributed by atoms with E-state index in [2.05, 4.69) is 66.1 Å². The molecular formula is C21H32OSi. The molecule has 0 radical (unpaired) electrons. The first kappa shape index (κ1) is 19.7. The van der Waals surface area contributed by atoms with Gasteiger partial charge in [-0.2, -0.15) is 0 Å². The van der Waals surface area contributed by atoms with Crippen LogP contribution in [0.15, 0.2) is 43.0 Å². The molecule has 23 heavy (non-hydrogen) atoms. The van der Waals surface area contributed by atoms with Crippen LogP contribution in [-0.4, -0.2) is 14.4 Å². The minimum absolute atomic E-state index is 0.0565. The van der Waals surface area contributed by atoms with Crippen LogP contribution >= 0.6 is 0 Å². The van der Waals surface area contributed by atoms with Gasteiger partial charge in [0.2, 0.25) is 0 Å². The van der Waals surface area contributed by atoms with Gasteiger partial charge in [0.25, 0.3) is 0 Å². The highest BCUT2D eigenvalue weighted by Crippen LogP contribution is 2.40. The van der Waals surface area contributed by atoms with Crippen molar-refractivity contribution >= 4 is 8.32 Å². The van der Waals surface area contributed by atoms with Crippen molar-refractivity contribution in [3.63, 3.8) is 0 Å². The van der Waals surface area contributed by atoms with Crippen molar-refractivity contribution in [3.8, 4) is 11.8 Å². The van der Waals surface area contributed by atoms with Gasteiger partial charge in [-0.1, -0.05) is 70.7 Å². The molecule has 0 aliphatic carbocycles. The fourth-order valence-corrected chi connectivity index (χ4v) is 3.33. The number of hydrogen-bond acceptors (Lipinski definition) is 1. The Morgan fingerprint density at radius 3 is 2.17 bits per heavy atom. The third kappa shape index (κ3) is 5.68. The van der Waals surface area contributed by atoms with Crippen LogP contribution < -0.4 is 0 Å². The topological polar surface area (TPSA) is 9.23 Å². The van der Waals surface area contributed by atoms with Crippen molar-refractivity contribution in [1.82, 2.24) is 0 Å². The fourth-order valence-electron chi connectivity index (χ4n) is 2.01. The van der Waals surface area contributed by atoms with E-state index < -0.39 is 8.32 Å². The molecular weight excluding hydrogens is 296 g/mol. The predicted octanol–water partition coefficient (Wildman–Crippen LogP) is 6.03. The molecule has 0 fully saturated rings. The molecule has 1 aromatic rings. The van der Waals surface area contributed by atoms with E-state index in [9.17, 15) is 0 Å². The highest BCUT2D eigenvalue weighted by atomic mass is 28.4. The summed E-state index contributed by atoms with van der Waals surface area (Å²) in [5, 5.41) is 0.171. The zero-order valence-corrected chi connectivity index (χ0v) is 16.9. The highest BCUT2D eigenvalue weighted by molar-refractivity contribution is 6.74. The zero-order valence-electron chi connectivity index (χ0n) is 15.9. The van der Waals surface area contributed by atoms with Gasteiger partial charge in [0.1, 0.15) is 6.10 Å². The molecule has 2 heteroatoms. The molecule has 126 valence electrons. The number of benzene rings is 1. The van der Waals surface area contributed by atoms with Crippen LogP contribution in [0.1, 0.15) is 46.6 Å². The minimum atomic E-state index is -1.88. The number of allylic oxidation sites excluding steroid dienone is 1. The van der Waals surface area contributed by atoms with Crippen LogP contribution in [0.3, 0.4) is 0 Å². The first-order chi connectivity index (χ1) is 10.5. The van der Waals surface area contributed by atoms with E-state index in [1.165, 1.54) is 0 Å². The highest BCUT2D eigenvalue weighted by Gasteiger charge is 2.42. The molecule has 0 aliphatic heterocycles. The maximum atomic E-state index is 6.66. The van der Waals surface area contributed by atoms with E-state index in [0.717, 1.165) is 12.0 Å². The Hall–Kier alpha value is -1.30. The molecule has 1 rings (SSSR count). The summed E-state index contributed by atoms with van der Waals surface area (Å²) < 4.78 is 6.66. The van der Waals surface area contributed by atoms with Gasteiger partial charge in [-0.05, 0) is 36.7 Å². The van der Waals surface area contributed by atoms with Crippen LogP contribution in [0.4, 0.5) is 0 Å². The maximum absolute atomic E-state index is 6.66. The normalized spacial score (nSPS) is 13.9. The van der Waals surface area contributed by atoms with Crippen molar-refractivity contribution in [1.29, 1.82) is 0 Å². The Balaban J connectivity index is 3.14. The summed E-state index contributed by atoms with van der Waals surface area (Å²) in [7, 11) is -1.88. The first-order valence-electron chi connectivity index (χ1n) is 8.35. The predicted molar refractivity (Wildman–Crippen MR) is 104 cm³/mol. The van der Waals surface area contributed by atoms with Crippen molar-refractivity contribution in [2.75, 3.05) is 0 Å². The van der Waals surface area contributed by atoms with Crippen LogP contribution in [0.2, 0.25) is 18.1 Å². The van der Waals surface area contributed by atoms with E-state index in [1.807, 2.05) is 36.4 Å². The van der Waals surface area contributed by atoms with Crippen LogP contribution in [0.5, 0.6) is 0 Å². The smallest absolute Gasteiger partial charge is 0.193 e. The summed E-state index contributed by atoms with van der Waals surface area (Å²) in [6, 6.07) is 10.1. The maximum Gasteiger partial charge on any atom is 0.193 e. The van der Waals surface area contributed by atoms with Crippen LogP contribution in [-0.2, 0) is 4.43 Å². The molecule has 0 heterocycles. The second kappa shape index (κ2) is 7.51. The lowest BCUT2D eigenvalue weighted by Gasteiger charge is -2.42. The third-order valence-corrected chi connectivity index (χ3v) is 9.16. The summed E-state index contributed by atoms with van der Waals surface area (Å²) >= 11 is 0. The van der Waals surface area contributed by atoms with Gasteiger partial charge < -0.3 is 4.43 Å². The molecule has 1 nitrogen and oxygen atoms in total. The summed E-state index contributed by atoms with van der Waals surface area (Å²) in [5.74, 6) is 6.70. The van der Waals surface area contributed by atoms with Crippen LogP contribution in [0.25, 0.3) is 0 Å². The van der Waals surface area contributed by atoms with Crippen molar-refractivity contribution in [2.24, 2.45) is 5.41 Å². The molecule has 1 atom stereocenters. The molecule has 0 bridgehead atoms. The van der Waals surface area contributed by atoms with E-state index >= 15 is 0 Å². The molecule has 0 aromatic heterocycles. The Labute approximate surface area is 144 Å². The third-order valence-electron chi connectivity index (χ3n) is 4.72. The molecule has 0 amide bonds. The molecule has 0 saturated heterocycles. The Bertz CT molecular complexity index is 567. The van der Waals surface area contributed by atoms with Gasteiger partial charge in [-0.3, -0.25) is 0 Å². The summed E-state index contributed by atoms with van der Waals surface area (Å²) in [5.41, 5.74) is 0.977. The molecule has 0 N–H and O–H groups in total. The summed E-state index contributed by atoms with van der Waals surface area (Å²) in [6.45, 7) is 19.7. The van der Waals surface area contributed by atoms with Crippen molar-refractivity contribution in [3.05, 3.63) is 48.6 Å². The lowest BCUT2D eigenvalue weighted by molar-refractivity contribution is 0.109. The summed E-state index contributed by atoms with van der Waals surface area (Å²) in [6.07, 6.45) is 2.75. The van der Waals surface area contributed by atoms with E-state index in [4.69, 9.17) is 4.43 Å². The molecule has 0 spiro atoms. The van der Waals surface area contributed by atoms with Gasteiger partial charge in [0.15, 0.2) is 8.32 Å². The molecule has 0 aliphatic rings. The summed E-state index contributed by atoms with van der Waals surface area (Å²) in [4.78, 5) is 0. The van der Waals surface area contributed by atoms with Crippen molar-refractivity contribution < 1.29 is 4.43 Å². The monoisotopic (exact) mass is 328 g/mol. The van der Waals surface area contributed by atoms with Crippen molar-refractivity contribution in [2.45, 2.75) is 65.3 Å². The quantitative estimate of drug-likeness (QED) is 0.364. The lowest BCUT2D eigenvalue weighted by atomic mass is 9.83. The largest absolute Gasteiger partial charge is 0.403 e. The van der Waals surface area contributed by atoms with E-state index in [-0.39, 0.29) is 16.6 Å². The second-order valence-corrected chi connectivity index (χ2v) is 13.1. The Morgan fingerprint density at radius 2 is 1.70 bits per heavy atom. The Morgan fingerprint density at radius 1 is 1.13 bits per heavy atom. The lowest BCUT2D eigenvalue weighted by Crippen LogP contribution is -2.47. The van der Waals surface area contributed by atoms with Gasteiger partial charge in [0, 0.05) is 11.0 Å². The first-order valence-corrected chi connectivity index (χ1v) is 11.3. The van der Waals surface area contributed by atoms with Gasteiger partial charge in [-0.25, -0.2) is 0 Å². The minimum Gasteiger partial charge on any atom is -0.403 e. The molecule has 1 unspecified atom stereocenters. The standard InChI is InChI=1S/C21H32OSi/c1-9-17-21(5,6)19(22-23(7,8)20(2,3)4)16-15-18-13-11-10-12-14-18/h9-14,19H,1,17H2,2-8H3. The Kier molecular flexibility index (Phi) is 6.45. The van der Waals surface area contributed by atoms with Crippen LogP contribution in [0, 0.1) is 17.3 Å². The van der Waals surface area contributed by atoms with Gasteiger partial charge in [0.05, 0.1) is 0 Å². The average Bonchev–Trinajstić information content (AvgIpc) is 2.43. The second-order valence-electron chi connectivity index (χ2n) is 8.37. The van der Waals surface area contributed by atoms with Gasteiger partial charge >= 0.3 is 0 Å².